The third kappa shape index (κ3) is 5.44. The molecule has 0 spiro atoms. The Labute approximate surface area is 169 Å². The first-order valence-electron chi connectivity index (χ1n) is 9.92. The van der Waals surface area contributed by atoms with Crippen LogP contribution in [0.25, 0.3) is 0 Å². The highest BCUT2D eigenvalue weighted by molar-refractivity contribution is 5.81. The lowest BCUT2D eigenvalue weighted by Crippen LogP contribution is -2.52. The molecule has 3 rings (SSSR count). The number of likely N-dealkylation sites (tertiary alicyclic amines) is 1. The number of carbonyl (C=O) groups excluding carboxylic acids is 2. The summed E-state index contributed by atoms with van der Waals surface area (Å²) in [6, 6.07) is 5.62. The number of ether oxygens (including phenoxy) is 2. The van der Waals surface area contributed by atoms with Crippen LogP contribution < -0.4 is 4.74 Å². The van der Waals surface area contributed by atoms with E-state index in [1.807, 2.05) is 18.7 Å². The summed E-state index contributed by atoms with van der Waals surface area (Å²) < 4.78 is 11.1. The molecule has 0 aromatic heterocycles. The molecule has 1 aromatic carbocycles. The number of amides is 2. The van der Waals surface area contributed by atoms with Crippen molar-refractivity contribution in [3.05, 3.63) is 34.4 Å². The highest BCUT2D eigenvalue weighted by Gasteiger charge is 2.33. The molecular weight excluding hydrogens is 378 g/mol. The lowest BCUT2D eigenvalue weighted by atomic mass is 9.94. The third-order valence-corrected chi connectivity index (χ3v) is 5.34. The van der Waals surface area contributed by atoms with Crippen molar-refractivity contribution in [1.82, 2.24) is 9.80 Å². The maximum Gasteiger partial charge on any atom is 0.269 e. The van der Waals surface area contributed by atoms with Crippen molar-refractivity contribution < 1.29 is 24.0 Å². The Balaban J connectivity index is 1.44. The minimum atomic E-state index is -0.487. The Morgan fingerprint density at radius 2 is 1.69 bits per heavy atom. The Hall–Kier alpha value is -2.68. The summed E-state index contributed by atoms with van der Waals surface area (Å²) in [6.07, 6.45) is 1.37. The van der Waals surface area contributed by atoms with E-state index in [1.165, 1.54) is 24.3 Å². The largest absolute Gasteiger partial charge is 0.484 e. The summed E-state index contributed by atoms with van der Waals surface area (Å²) in [4.78, 5) is 39.0. The van der Waals surface area contributed by atoms with E-state index in [1.54, 1.807) is 4.90 Å². The summed E-state index contributed by atoms with van der Waals surface area (Å²) in [5.74, 6) is 0.348. The number of piperidine rings is 1. The number of hydrogen-bond donors (Lipinski definition) is 0. The van der Waals surface area contributed by atoms with Crippen molar-refractivity contribution in [2.45, 2.75) is 38.9 Å². The second-order valence-electron chi connectivity index (χ2n) is 7.70. The van der Waals surface area contributed by atoms with Crippen molar-refractivity contribution in [2.24, 2.45) is 5.92 Å². The van der Waals surface area contributed by atoms with Crippen LogP contribution in [0, 0.1) is 16.0 Å². The van der Waals surface area contributed by atoms with E-state index >= 15 is 0 Å². The number of hydrogen-bond acceptors (Lipinski definition) is 6. The number of carbonyl (C=O) groups is 2. The van der Waals surface area contributed by atoms with Gasteiger partial charge in [0.05, 0.1) is 17.1 Å². The Kier molecular flexibility index (Phi) is 6.68. The number of nitrogens with zero attached hydrogens (tertiary/aromatic N) is 3. The van der Waals surface area contributed by atoms with Gasteiger partial charge < -0.3 is 19.3 Å². The van der Waals surface area contributed by atoms with E-state index in [0.29, 0.717) is 44.8 Å². The zero-order valence-corrected chi connectivity index (χ0v) is 16.8. The predicted molar refractivity (Wildman–Crippen MR) is 104 cm³/mol. The molecular formula is C20H27N3O6. The summed E-state index contributed by atoms with van der Waals surface area (Å²) in [6.45, 7) is 6.10. The molecule has 158 valence electrons. The van der Waals surface area contributed by atoms with Gasteiger partial charge in [-0.1, -0.05) is 0 Å². The van der Waals surface area contributed by atoms with Gasteiger partial charge in [0.15, 0.2) is 6.61 Å². The maximum absolute atomic E-state index is 12.8. The fraction of sp³-hybridized carbons (Fsp3) is 0.600. The predicted octanol–water partition coefficient (Wildman–Crippen LogP) is 1.85. The molecule has 0 bridgehead atoms. The molecule has 0 aliphatic carbocycles. The minimum Gasteiger partial charge on any atom is -0.484 e. The Morgan fingerprint density at radius 3 is 2.24 bits per heavy atom. The van der Waals surface area contributed by atoms with E-state index in [-0.39, 0.29) is 42.2 Å². The molecule has 2 amide bonds. The summed E-state index contributed by atoms with van der Waals surface area (Å²) in [7, 11) is 0. The molecule has 2 saturated heterocycles. The van der Waals surface area contributed by atoms with Crippen LogP contribution in [0.15, 0.2) is 24.3 Å². The van der Waals surface area contributed by atoms with Gasteiger partial charge in [-0.15, -0.1) is 0 Å². The number of nitro benzene ring substituents is 1. The fourth-order valence-corrected chi connectivity index (χ4v) is 3.89. The van der Waals surface area contributed by atoms with Gasteiger partial charge in [-0.2, -0.15) is 0 Å². The average Bonchev–Trinajstić information content (AvgIpc) is 2.71. The number of nitro groups is 1. The lowest BCUT2D eigenvalue weighted by Gasteiger charge is -2.39. The SMILES string of the molecule is CC1CN(C(=O)C2CCN(C(=O)COc3ccc([N+](=O)[O-])cc3)CC2)CC(C)O1. The zero-order valence-electron chi connectivity index (χ0n) is 16.8. The summed E-state index contributed by atoms with van der Waals surface area (Å²) in [5.41, 5.74) is -0.0283. The molecule has 2 fully saturated rings. The molecule has 9 nitrogen and oxygen atoms in total. The van der Waals surface area contributed by atoms with Gasteiger partial charge in [-0.05, 0) is 38.8 Å². The van der Waals surface area contributed by atoms with E-state index in [2.05, 4.69) is 0 Å². The molecule has 2 aliphatic heterocycles. The van der Waals surface area contributed by atoms with Crippen LogP contribution in [0.5, 0.6) is 5.75 Å². The third-order valence-electron chi connectivity index (χ3n) is 5.34. The monoisotopic (exact) mass is 405 g/mol. The molecule has 0 N–H and O–H groups in total. The lowest BCUT2D eigenvalue weighted by molar-refractivity contribution is -0.384. The molecule has 2 aliphatic rings. The first-order valence-corrected chi connectivity index (χ1v) is 9.92. The number of rotatable bonds is 5. The number of morpholine rings is 1. The first kappa shape index (κ1) is 21.0. The highest BCUT2D eigenvalue weighted by atomic mass is 16.6. The molecule has 1 aromatic rings. The van der Waals surface area contributed by atoms with Gasteiger partial charge in [-0.3, -0.25) is 19.7 Å². The second kappa shape index (κ2) is 9.21. The van der Waals surface area contributed by atoms with Crippen molar-refractivity contribution >= 4 is 17.5 Å². The minimum absolute atomic E-state index is 0.0283. The number of benzene rings is 1. The topological polar surface area (TPSA) is 102 Å². The molecule has 2 heterocycles. The van der Waals surface area contributed by atoms with Crippen LogP contribution in [0.3, 0.4) is 0 Å². The van der Waals surface area contributed by atoms with Crippen LogP contribution in [0.4, 0.5) is 5.69 Å². The van der Waals surface area contributed by atoms with Gasteiger partial charge in [0.25, 0.3) is 11.6 Å². The Morgan fingerprint density at radius 1 is 1.10 bits per heavy atom. The number of non-ortho nitro benzene ring substituents is 1. The van der Waals surface area contributed by atoms with Crippen LogP contribution in [0.2, 0.25) is 0 Å². The molecule has 2 unspecified atom stereocenters. The van der Waals surface area contributed by atoms with Crippen LogP contribution in [-0.4, -0.2) is 71.5 Å². The van der Waals surface area contributed by atoms with Gasteiger partial charge in [-0.25, -0.2) is 0 Å². The van der Waals surface area contributed by atoms with Gasteiger partial charge >= 0.3 is 0 Å². The highest BCUT2D eigenvalue weighted by Crippen LogP contribution is 2.23. The average molecular weight is 405 g/mol. The maximum atomic E-state index is 12.8. The van der Waals surface area contributed by atoms with Crippen molar-refractivity contribution in [2.75, 3.05) is 32.8 Å². The molecule has 2 atom stereocenters. The Bertz CT molecular complexity index is 735. The van der Waals surface area contributed by atoms with Gasteiger partial charge in [0, 0.05) is 44.2 Å². The smallest absolute Gasteiger partial charge is 0.269 e. The van der Waals surface area contributed by atoms with E-state index < -0.39 is 4.92 Å². The molecule has 0 radical (unpaired) electrons. The van der Waals surface area contributed by atoms with Crippen molar-refractivity contribution in [3.63, 3.8) is 0 Å². The van der Waals surface area contributed by atoms with E-state index in [4.69, 9.17) is 9.47 Å². The summed E-state index contributed by atoms with van der Waals surface area (Å²) >= 11 is 0. The van der Waals surface area contributed by atoms with E-state index in [9.17, 15) is 19.7 Å². The van der Waals surface area contributed by atoms with Crippen molar-refractivity contribution in [3.8, 4) is 5.75 Å². The van der Waals surface area contributed by atoms with Gasteiger partial charge in [0.1, 0.15) is 5.75 Å². The van der Waals surface area contributed by atoms with Crippen LogP contribution >= 0.6 is 0 Å². The molecule has 29 heavy (non-hydrogen) atoms. The van der Waals surface area contributed by atoms with Crippen LogP contribution in [0.1, 0.15) is 26.7 Å². The molecule has 0 saturated carbocycles. The standard InChI is InChI=1S/C20H27N3O6/c1-14-11-22(12-15(2)29-14)20(25)16-7-9-21(10-8-16)19(24)13-28-18-5-3-17(4-6-18)23(26)27/h3-6,14-16H,7-13H2,1-2H3. The summed E-state index contributed by atoms with van der Waals surface area (Å²) in [5, 5.41) is 10.7. The quantitative estimate of drug-likeness (QED) is 0.547. The van der Waals surface area contributed by atoms with E-state index in [0.717, 1.165) is 0 Å². The van der Waals surface area contributed by atoms with Crippen molar-refractivity contribution in [1.29, 1.82) is 0 Å². The molecule has 9 heteroatoms. The fourth-order valence-electron chi connectivity index (χ4n) is 3.89. The van der Waals surface area contributed by atoms with Crippen LogP contribution in [-0.2, 0) is 14.3 Å². The van der Waals surface area contributed by atoms with Gasteiger partial charge in [0.2, 0.25) is 5.91 Å². The second-order valence-corrected chi connectivity index (χ2v) is 7.70. The zero-order chi connectivity index (χ0) is 21.0. The normalized spacial score (nSPS) is 23.0. The first-order chi connectivity index (χ1) is 13.8.